The van der Waals surface area contributed by atoms with E-state index in [9.17, 15) is 9.59 Å². The van der Waals surface area contributed by atoms with Crippen LogP contribution in [0.5, 0.6) is 0 Å². The first kappa shape index (κ1) is 13.1. The number of rotatable bonds is 3. The van der Waals surface area contributed by atoms with E-state index >= 15 is 0 Å². The summed E-state index contributed by atoms with van der Waals surface area (Å²) in [6.07, 6.45) is 3.76. The highest BCUT2D eigenvalue weighted by Crippen LogP contribution is 2.32. The summed E-state index contributed by atoms with van der Waals surface area (Å²) >= 11 is 0. The number of aromatic nitrogens is 2. The molecule has 2 N–H and O–H groups in total. The van der Waals surface area contributed by atoms with Crippen LogP contribution in [0.1, 0.15) is 31.4 Å². The molecule has 20 heavy (non-hydrogen) atoms. The minimum absolute atomic E-state index is 0.0372. The van der Waals surface area contributed by atoms with Crippen molar-refractivity contribution in [2.24, 2.45) is 11.8 Å². The minimum Gasteiger partial charge on any atom is -0.342 e. The number of hydrogen-bond acceptors (Lipinski definition) is 3. The van der Waals surface area contributed by atoms with Gasteiger partial charge in [-0.05, 0) is 32.6 Å². The van der Waals surface area contributed by atoms with Crippen LogP contribution in [0, 0.1) is 18.8 Å². The van der Waals surface area contributed by atoms with Crippen LogP contribution in [0.15, 0.2) is 6.07 Å². The Hall–Kier alpha value is -1.85. The van der Waals surface area contributed by atoms with Gasteiger partial charge in [-0.15, -0.1) is 0 Å². The molecule has 2 aliphatic rings. The van der Waals surface area contributed by atoms with Crippen LogP contribution in [-0.2, 0) is 9.59 Å². The van der Waals surface area contributed by atoms with Gasteiger partial charge in [-0.1, -0.05) is 0 Å². The van der Waals surface area contributed by atoms with Crippen molar-refractivity contribution in [2.75, 3.05) is 18.4 Å². The Bertz CT molecular complexity index is 521. The molecule has 1 aliphatic heterocycles. The zero-order valence-electron chi connectivity index (χ0n) is 11.7. The summed E-state index contributed by atoms with van der Waals surface area (Å²) in [5.41, 5.74) is 0.912. The highest BCUT2D eigenvalue weighted by molar-refractivity contribution is 5.92. The lowest BCUT2D eigenvalue weighted by Crippen LogP contribution is -2.44. The Morgan fingerprint density at radius 2 is 2.15 bits per heavy atom. The van der Waals surface area contributed by atoms with Gasteiger partial charge in [-0.25, -0.2) is 0 Å². The fraction of sp³-hybridized carbons (Fsp3) is 0.643. The number of carbonyl (C=O) groups excluding carboxylic acids is 2. The maximum Gasteiger partial charge on any atom is 0.230 e. The molecule has 1 aromatic heterocycles. The molecule has 2 heterocycles. The van der Waals surface area contributed by atoms with E-state index in [1.54, 1.807) is 6.07 Å². The van der Waals surface area contributed by atoms with E-state index in [2.05, 4.69) is 15.5 Å². The molecule has 6 nitrogen and oxygen atoms in total. The van der Waals surface area contributed by atoms with E-state index in [0.29, 0.717) is 12.4 Å². The number of nitrogens with one attached hydrogen (secondary N) is 2. The first-order valence-corrected chi connectivity index (χ1v) is 7.25. The molecular formula is C14H20N4O2. The van der Waals surface area contributed by atoms with Crippen LogP contribution in [0.2, 0.25) is 0 Å². The summed E-state index contributed by atoms with van der Waals surface area (Å²) in [6, 6.07) is 1.80. The second kappa shape index (κ2) is 5.26. The maximum absolute atomic E-state index is 12.2. The van der Waals surface area contributed by atoms with Gasteiger partial charge in [0.15, 0.2) is 5.82 Å². The van der Waals surface area contributed by atoms with E-state index in [-0.39, 0.29) is 23.7 Å². The Morgan fingerprint density at radius 1 is 1.35 bits per heavy atom. The van der Waals surface area contributed by atoms with Gasteiger partial charge in [-0.3, -0.25) is 14.7 Å². The molecule has 1 aromatic rings. The molecule has 0 spiro atoms. The second-order valence-electron chi connectivity index (χ2n) is 5.82. The molecule has 0 radical (unpaired) electrons. The predicted octanol–water partition coefficient (Wildman–Crippen LogP) is 1.31. The van der Waals surface area contributed by atoms with Gasteiger partial charge in [0.05, 0.1) is 5.92 Å². The minimum atomic E-state index is -0.122. The maximum atomic E-state index is 12.2. The molecule has 3 rings (SSSR count). The number of anilines is 1. The standard InChI is InChI=1S/C14H20N4O2/c1-9-7-12(17-16-9)15-13(19)11-3-2-6-18(8-11)14(20)10-4-5-10/h7,10-11H,2-6,8H2,1H3,(H2,15,16,17,19). The van der Waals surface area contributed by atoms with Gasteiger partial charge in [0.25, 0.3) is 0 Å². The average molecular weight is 276 g/mol. The fourth-order valence-electron chi connectivity index (χ4n) is 2.69. The van der Waals surface area contributed by atoms with Crippen LogP contribution in [0.4, 0.5) is 5.82 Å². The third-order valence-electron chi connectivity index (χ3n) is 3.99. The molecule has 1 unspecified atom stereocenters. The van der Waals surface area contributed by atoms with E-state index in [0.717, 1.165) is 37.9 Å². The summed E-state index contributed by atoms with van der Waals surface area (Å²) in [6.45, 7) is 3.23. The van der Waals surface area contributed by atoms with E-state index < -0.39 is 0 Å². The van der Waals surface area contributed by atoms with Crippen molar-refractivity contribution < 1.29 is 9.59 Å². The lowest BCUT2D eigenvalue weighted by molar-refractivity contribution is -0.135. The molecule has 1 atom stereocenters. The molecule has 6 heteroatoms. The third kappa shape index (κ3) is 2.84. The smallest absolute Gasteiger partial charge is 0.230 e. The van der Waals surface area contributed by atoms with E-state index in [1.807, 2.05) is 11.8 Å². The van der Waals surface area contributed by atoms with Gasteiger partial charge in [0.2, 0.25) is 11.8 Å². The van der Waals surface area contributed by atoms with Gasteiger partial charge in [0, 0.05) is 30.8 Å². The number of nitrogens with zero attached hydrogens (tertiary/aromatic N) is 2. The SMILES string of the molecule is Cc1cc(NC(=O)C2CCCN(C(=O)C3CC3)C2)n[nH]1. The molecule has 0 aromatic carbocycles. The second-order valence-corrected chi connectivity index (χ2v) is 5.82. The number of amides is 2. The molecule has 0 bridgehead atoms. The van der Waals surface area contributed by atoms with Gasteiger partial charge in [0.1, 0.15) is 0 Å². The van der Waals surface area contributed by atoms with Crippen LogP contribution in [0.3, 0.4) is 0 Å². The predicted molar refractivity (Wildman–Crippen MR) is 74.0 cm³/mol. The van der Waals surface area contributed by atoms with Crippen molar-refractivity contribution in [3.63, 3.8) is 0 Å². The number of likely N-dealkylation sites (tertiary alicyclic amines) is 1. The molecular weight excluding hydrogens is 256 g/mol. The molecule has 108 valence electrons. The number of H-pyrrole nitrogens is 1. The zero-order chi connectivity index (χ0) is 14.1. The van der Waals surface area contributed by atoms with Crippen molar-refractivity contribution in [1.82, 2.24) is 15.1 Å². The molecule has 1 saturated heterocycles. The van der Waals surface area contributed by atoms with Gasteiger partial charge >= 0.3 is 0 Å². The lowest BCUT2D eigenvalue weighted by Gasteiger charge is -2.32. The van der Waals surface area contributed by atoms with Crippen molar-refractivity contribution >= 4 is 17.6 Å². The number of carbonyl (C=O) groups is 2. The lowest BCUT2D eigenvalue weighted by atomic mass is 9.96. The zero-order valence-corrected chi connectivity index (χ0v) is 11.7. The monoisotopic (exact) mass is 276 g/mol. The number of hydrogen-bond donors (Lipinski definition) is 2. The number of aryl methyl sites for hydroxylation is 1. The summed E-state index contributed by atoms with van der Waals surface area (Å²) in [4.78, 5) is 26.2. The van der Waals surface area contributed by atoms with Crippen molar-refractivity contribution in [3.8, 4) is 0 Å². The van der Waals surface area contributed by atoms with Crippen LogP contribution < -0.4 is 5.32 Å². The van der Waals surface area contributed by atoms with Crippen LogP contribution >= 0.6 is 0 Å². The fourth-order valence-corrected chi connectivity index (χ4v) is 2.69. The highest BCUT2D eigenvalue weighted by atomic mass is 16.2. The molecule has 2 amide bonds. The molecule has 1 aliphatic carbocycles. The summed E-state index contributed by atoms with van der Waals surface area (Å²) in [7, 11) is 0. The summed E-state index contributed by atoms with van der Waals surface area (Å²) in [5, 5.41) is 9.62. The van der Waals surface area contributed by atoms with Crippen molar-refractivity contribution in [3.05, 3.63) is 11.8 Å². The molecule has 2 fully saturated rings. The highest BCUT2D eigenvalue weighted by Gasteiger charge is 2.36. The van der Waals surface area contributed by atoms with E-state index in [4.69, 9.17) is 0 Å². The molecule has 1 saturated carbocycles. The first-order chi connectivity index (χ1) is 9.63. The van der Waals surface area contributed by atoms with E-state index in [1.165, 1.54) is 0 Å². The summed E-state index contributed by atoms with van der Waals surface area (Å²) in [5.74, 6) is 0.857. The largest absolute Gasteiger partial charge is 0.342 e. The summed E-state index contributed by atoms with van der Waals surface area (Å²) < 4.78 is 0. The number of aromatic amines is 1. The van der Waals surface area contributed by atoms with Gasteiger partial charge < -0.3 is 10.2 Å². The quantitative estimate of drug-likeness (QED) is 0.873. The first-order valence-electron chi connectivity index (χ1n) is 7.25. The Balaban J connectivity index is 1.58. The Labute approximate surface area is 117 Å². The third-order valence-corrected chi connectivity index (χ3v) is 3.99. The topological polar surface area (TPSA) is 78.1 Å². The van der Waals surface area contributed by atoms with Crippen LogP contribution in [0.25, 0.3) is 0 Å². The van der Waals surface area contributed by atoms with Crippen LogP contribution in [-0.4, -0.2) is 40.0 Å². The average Bonchev–Trinajstić information content (AvgIpc) is 3.22. The van der Waals surface area contributed by atoms with Crippen molar-refractivity contribution in [1.29, 1.82) is 0 Å². The Morgan fingerprint density at radius 3 is 2.80 bits per heavy atom. The Kier molecular flexibility index (Phi) is 3.46. The van der Waals surface area contributed by atoms with Gasteiger partial charge in [-0.2, -0.15) is 5.10 Å². The normalized spacial score (nSPS) is 22.6. The number of piperidine rings is 1. The van der Waals surface area contributed by atoms with Crippen molar-refractivity contribution in [2.45, 2.75) is 32.6 Å².